The molecule has 0 aromatic heterocycles. The smallest absolute Gasteiger partial charge is 0.124 e. The summed E-state index contributed by atoms with van der Waals surface area (Å²) in [5.41, 5.74) is 0.414. The van der Waals surface area contributed by atoms with E-state index in [1.165, 1.54) is 31.5 Å². The molecule has 0 heterocycles. The zero-order valence-electron chi connectivity index (χ0n) is 6.56. The Labute approximate surface area is 69.7 Å². The SMILES string of the molecule is CO/N=C/c1cc(O)ccc1O. The Hall–Kier alpha value is -1.71. The van der Waals surface area contributed by atoms with Gasteiger partial charge < -0.3 is 15.1 Å². The molecule has 0 fully saturated rings. The van der Waals surface area contributed by atoms with E-state index in [4.69, 9.17) is 5.11 Å². The first kappa shape index (κ1) is 8.39. The lowest BCUT2D eigenvalue weighted by Gasteiger charge is -1.97. The van der Waals surface area contributed by atoms with Crippen molar-refractivity contribution in [1.82, 2.24) is 0 Å². The fraction of sp³-hybridized carbons (Fsp3) is 0.125. The van der Waals surface area contributed by atoms with E-state index >= 15 is 0 Å². The number of phenolic OH excluding ortho intramolecular Hbond substituents is 2. The Balaban J connectivity index is 2.97. The maximum Gasteiger partial charge on any atom is 0.124 e. The van der Waals surface area contributed by atoms with E-state index in [1.807, 2.05) is 0 Å². The molecule has 4 nitrogen and oxygen atoms in total. The summed E-state index contributed by atoms with van der Waals surface area (Å²) in [5.74, 6) is 0.124. The third-order valence-corrected chi connectivity index (χ3v) is 1.31. The molecule has 0 unspecified atom stereocenters. The van der Waals surface area contributed by atoms with Crippen molar-refractivity contribution in [2.75, 3.05) is 7.11 Å². The van der Waals surface area contributed by atoms with Crippen LogP contribution in [0.2, 0.25) is 0 Å². The molecule has 4 heteroatoms. The molecule has 1 aromatic carbocycles. The highest BCUT2D eigenvalue weighted by Gasteiger charge is 1.98. The molecule has 64 valence electrons. The first-order valence-corrected chi connectivity index (χ1v) is 3.32. The molecule has 0 radical (unpaired) electrons. The van der Waals surface area contributed by atoms with Gasteiger partial charge in [-0.1, -0.05) is 5.16 Å². The van der Waals surface area contributed by atoms with Crippen LogP contribution in [0.5, 0.6) is 11.5 Å². The summed E-state index contributed by atoms with van der Waals surface area (Å²) < 4.78 is 0. The molecular weight excluding hydrogens is 158 g/mol. The van der Waals surface area contributed by atoms with Crippen molar-refractivity contribution in [2.45, 2.75) is 0 Å². The number of benzene rings is 1. The quantitative estimate of drug-likeness (QED) is 0.393. The zero-order valence-corrected chi connectivity index (χ0v) is 6.56. The van der Waals surface area contributed by atoms with Gasteiger partial charge in [0.1, 0.15) is 18.6 Å². The van der Waals surface area contributed by atoms with Crippen LogP contribution in [0.4, 0.5) is 0 Å². The lowest BCUT2D eigenvalue weighted by Crippen LogP contribution is -1.82. The molecule has 2 N–H and O–H groups in total. The van der Waals surface area contributed by atoms with Gasteiger partial charge in [0.2, 0.25) is 0 Å². The van der Waals surface area contributed by atoms with E-state index in [2.05, 4.69) is 9.99 Å². The third kappa shape index (κ3) is 1.88. The van der Waals surface area contributed by atoms with Gasteiger partial charge in [0, 0.05) is 5.56 Å². The maximum absolute atomic E-state index is 9.20. The van der Waals surface area contributed by atoms with Crippen LogP contribution in [0.3, 0.4) is 0 Å². The monoisotopic (exact) mass is 167 g/mol. The van der Waals surface area contributed by atoms with Crippen LogP contribution in [0, 0.1) is 0 Å². The summed E-state index contributed by atoms with van der Waals surface area (Å²) in [5, 5.41) is 21.7. The summed E-state index contributed by atoms with van der Waals surface area (Å²) >= 11 is 0. The highest BCUT2D eigenvalue weighted by atomic mass is 16.6. The van der Waals surface area contributed by atoms with Gasteiger partial charge in [0.15, 0.2) is 0 Å². The fourth-order valence-corrected chi connectivity index (χ4v) is 0.755. The Bertz CT molecular complexity index is 296. The van der Waals surface area contributed by atoms with Gasteiger partial charge in [-0.2, -0.15) is 0 Å². The van der Waals surface area contributed by atoms with Crippen molar-refractivity contribution in [2.24, 2.45) is 5.16 Å². The molecule has 12 heavy (non-hydrogen) atoms. The molecule has 0 aliphatic carbocycles. The first-order chi connectivity index (χ1) is 5.74. The minimum atomic E-state index is 0.0496. The van der Waals surface area contributed by atoms with Crippen LogP contribution in [0.25, 0.3) is 0 Å². The van der Waals surface area contributed by atoms with Gasteiger partial charge in [-0.05, 0) is 18.2 Å². The van der Waals surface area contributed by atoms with Crippen molar-refractivity contribution in [3.63, 3.8) is 0 Å². The van der Waals surface area contributed by atoms with Gasteiger partial charge in [0.25, 0.3) is 0 Å². The highest BCUT2D eigenvalue weighted by molar-refractivity contribution is 5.83. The topological polar surface area (TPSA) is 62.0 Å². The Kier molecular flexibility index (Phi) is 2.53. The van der Waals surface area contributed by atoms with Crippen LogP contribution < -0.4 is 0 Å². The summed E-state index contributed by atoms with van der Waals surface area (Å²) in [4.78, 5) is 4.42. The number of nitrogens with zero attached hydrogens (tertiary/aromatic N) is 1. The Morgan fingerprint density at radius 2 is 2.17 bits per heavy atom. The second-order valence-electron chi connectivity index (χ2n) is 2.16. The number of hydrogen-bond donors (Lipinski definition) is 2. The molecule has 0 atom stereocenters. The average molecular weight is 167 g/mol. The molecule has 0 aliphatic heterocycles. The first-order valence-electron chi connectivity index (χ1n) is 3.32. The summed E-state index contributed by atoms with van der Waals surface area (Å²) in [6, 6.07) is 4.16. The van der Waals surface area contributed by atoms with Crippen molar-refractivity contribution in [3.05, 3.63) is 23.8 Å². The van der Waals surface area contributed by atoms with Crippen LogP contribution in [-0.2, 0) is 4.84 Å². The number of phenols is 2. The Morgan fingerprint density at radius 3 is 2.83 bits per heavy atom. The van der Waals surface area contributed by atoms with E-state index < -0.39 is 0 Å². The van der Waals surface area contributed by atoms with Crippen LogP contribution in [0.15, 0.2) is 23.4 Å². The molecule has 1 aromatic rings. The number of rotatable bonds is 2. The summed E-state index contributed by atoms with van der Waals surface area (Å²) in [6.07, 6.45) is 1.31. The number of hydrogen-bond acceptors (Lipinski definition) is 4. The second kappa shape index (κ2) is 3.61. The number of oxime groups is 1. The minimum Gasteiger partial charge on any atom is -0.508 e. The van der Waals surface area contributed by atoms with Crippen molar-refractivity contribution in [3.8, 4) is 11.5 Å². The van der Waals surface area contributed by atoms with Gasteiger partial charge in [0.05, 0.1) is 6.21 Å². The van der Waals surface area contributed by atoms with Gasteiger partial charge >= 0.3 is 0 Å². The normalized spacial score (nSPS) is 10.4. The lowest BCUT2D eigenvalue weighted by atomic mass is 10.2. The average Bonchev–Trinajstić information content (AvgIpc) is 2.07. The predicted molar refractivity (Wildman–Crippen MR) is 44.4 cm³/mol. The molecule has 0 saturated carbocycles. The molecule has 1 rings (SSSR count). The lowest BCUT2D eigenvalue weighted by molar-refractivity contribution is 0.215. The largest absolute Gasteiger partial charge is 0.508 e. The molecule has 0 bridgehead atoms. The zero-order chi connectivity index (χ0) is 8.97. The third-order valence-electron chi connectivity index (χ3n) is 1.31. The van der Waals surface area contributed by atoms with Gasteiger partial charge in [-0.15, -0.1) is 0 Å². The summed E-state index contributed by atoms with van der Waals surface area (Å²) in [7, 11) is 1.40. The van der Waals surface area contributed by atoms with Crippen molar-refractivity contribution < 1.29 is 15.1 Å². The Morgan fingerprint density at radius 1 is 1.42 bits per heavy atom. The summed E-state index contributed by atoms with van der Waals surface area (Å²) in [6.45, 7) is 0. The van der Waals surface area contributed by atoms with Gasteiger partial charge in [-0.3, -0.25) is 0 Å². The van der Waals surface area contributed by atoms with Crippen molar-refractivity contribution >= 4 is 6.21 Å². The standard InChI is InChI=1S/C8H9NO3/c1-12-9-5-6-4-7(10)2-3-8(6)11/h2-5,10-11H,1H3/b9-5+. The van der Waals surface area contributed by atoms with Crippen LogP contribution in [-0.4, -0.2) is 23.5 Å². The molecular formula is C8H9NO3. The van der Waals surface area contributed by atoms with E-state index in [9.17, 15) is 5.11 Å². The van der Waals surface area contributed by atoms with E-state index in [0.29, 0.717) is 5.56 Å². The van der Waals surface area contributed by atoms with E-state index in [0.717, 1.165) is 0 Å². The predicted octanol–water partition coefficient (Wildman–Crippen LogP) is 1.08. The van der Waals surface area contributed by atoms with Crippen LogP contribution in [0.1, 0.15) is 5.56 Å². The molecule has 0 aliphatic rings. The molecule has 0 amide bonds. The maximum atomic E-state index is 9.20. The molecule has 0 saturated heterocycles. The number of aromatic hydroxyl groups is 2. The fourth-order valence-electron chi connectivity index (χ4n) is 0.755. The minimum absolute atomic E-state index is 0.0496. The molecule has 0 spiro atoms. The van der Waals surface area contributed by atoms with E-state index in [-0.39, 0.29) is 11.5 Å². The van der Waals surface area contributed by atoms with E-state index in [1.54, 1.807) is 0 Å². The van der Waals surface area contributed by atoms with Gasteiger partial charge in [-0.25, -0.2) is 0 Å². The van der Waals surface area contributed by atoms with Crippen LogP contribution >= 0.6 is 0 Å². The second-order valence-corrected chi connectivity index (χ2v) is 2.16. The van der Waals surface area contributed by atoms with Crippen molar-refractivity contribution in [1.29, 1.82) is 0 Å². The highest BCUT2D eigenvalue weighted by Crippen LogP contribution is 2.19.